The summed E-state index contributed by atoms with van der Waals surface area (Å²) >= 11 is 31.6. The fourth-order valence-corrected chi connectivity index (χ4v) is 19.5. The molecule has 97 heavy (non-hydrogen) atoms. The molecule has 2 aromatic heterocycles. The molecule has 24 nitrogen and oxygen atoms in total. The summed E-state index contributed by atoms with van der Waals surface area (Å²) in [5.41, 5.74) is 2.02. The highest BCUT2D eigenvalue weighted by Crippen LogP contribution is 2.65. The van der Waals surface area contributed by atoms with E-state index in [0.717, 1.165) is 68.6 Å². The Balaban J connectivity index is 0.00000142. The summed E-state index contributed by atoms with van der Waals surface area (Å²) in [5.74, 6) is -0.900. The summed E-state index contributed by atoms with van der Waals surface area (Å²) in [6.07, 6.45) is 5.58. The molecule has 0 aliphatic carbocycles. The van der Waals surface area contributed by atoms with Gasteiger partial charge in [-0.05, 0) is 194 Å². The number of hydrogen-bond acceptors (Lipinski definition) is 19. The maximum Gasteiger partial charge on any atom is 0.414 e. The number of nitrogens with one attached hydrogen (secondary N) is 2. The number of carbonyl (C=O) groups excluding carboxylic acids is 4. The molecular formula is C62H104Cl6N6O18P4Si. The first-order chi connectivity index (χ1) is 44.8. The molecule has 1 amide bonds. The predicted octanol–water partition coefficient (Wildman–Crippen LogP) is 16.1. The number of halogens is 6. The van der Waals surface area contributed by atoms with Gasteiger partial charge in [0.25, 0.3) is 0 Å². The third kappa shape index (κ3) is 38.6. The highest BCUT2D eigenvalue weighted by Gasteiger charge is 2.45. The number of aromatic nitrogens is 2. The normalized spacial score (nSPS) is 13.6. The van der Waals surface area contributed by atoms with Crippen molar-refractivity contribution in [3.8, 4) is 0 Å². The van der Waals surface area contributed by atoms with E-state index >= 15 is 0 Å². The molecule has 4 rings (SSSR count). The number of likely N-dealkylation sites (N-methyl/N-ethyl adjacent to an activating group) is 1. The van der Waals surface area contributed by atoms with Crippen molar-refractivity contribution in [2.24, 2.45) is 0 Å². The molecule has 0 aliphatic heterocycles. The summed E-state index contributed by atoms with van der Waals surface area (Å²) in [5, 5.41) is 25.2. The first kappa shape index (κ1) is 94.6. The number of hydrogen-bond donors (Lipinski definition) is 8. The number of aliphatic hydroxyl groups is 2. The number of amides is 1. The zero-order valence-corrected chi connectivity index (χ0v) is 67.3. The van der Waals surface area contributed by atoms with Crippen molar-refractivity contribution in [1.29, 1.82) is 0 Å². The summed E-state index contributed by atoms with van der Waals surface area (Å²) in [6.45, 7) is 32.6. The van der Waals surface area contributed by atoms with Gasteiger partial charge in [-0.15, -0.1) is 0 Å². The van der Waals surface area contributed by atoms with Gasteiger partial charge in [-0.1, -0.05) is 64.7 Å². The maximum absolute atomic E-state index is 13.4. The van der Waals surface area contributed by atoms with Crippen LogP contribution in [0.5, 0.6) is 0 Å². The first-order valence-corrected chi connectivity index (χ1v) is 45.2. The molecule has 0 saturated heterocycles. The summed E-state index contributed by atoms with van der Waals surface area (Å²) < 4.78 is 66.1. The maximum atomic E-state index is 13.4. The molecule has 0 aliphatic rings. The van der Waals surface area contributed by atoms with Gasteiger partial charge < -0.3 is 68.3 Å². The van der Waals surface area contributed by atoms with Crippen LogP contribution >= 0.6 is 99.3 Å². The second-order valence-corrected chi connectivity index (χ2v) is 43.1. The van der Waals surface area contributed by atoms with Gasteiger partial charge in [0.2, 0.25) is 7.37 Å². The second-order valence-electron chi connectivity index (χ2n) is 24.3. The largest absolute Gasteiger partial charge is 0.449 e. The lowest BCUT2D eigenvalue weighted by molar-refractivity contribution is -0.120. The third-order valence-corrected chi connectivity index (χ3v) is 30.7. The molecule has 2 aromatic carbocycles. The number of nitrogens with zero attached hydrogens (tertiary/aromatic N) is 4. The average Bonchev–Trinajstić information content (AvgIpc) is 0.802. The van der Waals surface area contributed by atoms with Crippen LogP contribution in [0.3, 0.4) is 0 Å². The first-order valence-electron chi connectivity index (χ1n) is 31.8. The minimum atomic E-state index is -5.21. The highest BCUT2D eigenvalue weighted by molar-refractivity contribution is 7.78. The average molecular weight is 1590 g/mol. The van der Waals surface area contributed by atoms with Crippen molar-refractivity contribution in [1.82, 2.24) is 20.2 Å². The molecule has 35 heteroatoms. The topological polar surface area (TPSA) is 351 Å². The van der Waals surface area contributed by atoms with Crippen LogP contribution in [0.4, 0.5) is 21.0 Å². The van der Waals surface area contributed by atoms with Gasteiger partial charge in [0.1, 0.15) is 11.6 Å². The van der Waals surface area contributed by atoms with Crippen molar-refractivity contribution < 1.29 is 85.6 Å². The van der Waals surface area contributed by atoms with E-state index in [1.54, 1.807) is 37.4 Å². The number of pyridine rings is 2. The van der Waals surface area contributed by atoms with Crippen LogP contribution in [-0.4, -0.2) is 189 Å². The minimum Gasteiger partial charge on any atom is -0.449 e. The van der Waals surface area contributed by atoms with E-state index in [1.165, 1.54) is 24.9 Å². The van der Waals surface area contributed by atoms with E-state index in [2.05, 4.69) is 82.6 Å². The van der Waals surface area contributed by atoms with Gasteiger partial charge >= 0.3 is 30.7 Å². The number of fused-ring (bicyclic) bond motifs is 2. The van der Waals surface area contributed by atoms with E-state index < -0.39 is 76.5 Å². The van der Waals surface area contributed by atoms with Gasteiger partial charge in [-0.3, -0.25) is 38.2 Å². The van der Waals surface area contributed by atoms with Crippen LogP contribution in [-0.2, 0) is 46.3 Å². The second kappa shape index (κ2) is 46.4. The number of ether oxygens (including phenoxy) is 2. The molecule has 8 N–H and O–H groups in total. The number of Topliss-reactive ketones (excluding diaryl/α,β-unsaturated/α-hetero) is 2. The molecule has 556 valence electrons. The van der Waals surface area contributed by atoms with Crippen LogP contribution in [0.2, 0.25) is 28.2 Å². The van der Waals surface area contributed by atoms with Gasteiger partial charge in [-0.2, -0.15) is 0 Å². The Morgan fingerprint density at radius 1 is 0.701 bits per heavy atom. The lowest BCUT2D eigenvalue weighted by Gasteiger charge is -2.36. The monoisotopic (exact) mass is 1580 g/mol. The number of rotatable bonds is 36. The lowest BCUT2D eigenvalue weighted by atomic mass is 10.1. The molecule has 4 unspecified atom stereocenters. The van der Waals surface area contributed by atoms with Crippen LogP contribution in [0, 0.1) is 0 Å². The Bertz CT molecular complexity index is 3210. The van der Waals surface area contributed by atoms with Crippen molar-refractivity contribution in [2.75, 3.05) is 96.0 Å². The molecule has 0 radical (unpaired) electrons. The number of ketones is 2. The van der Waals surface area contributed by atoms with Crippen LogP contribution in [0.15, 0.2) is 60.9 Å². The van der Waals surface area contributed by atoms with E-state index in [4.69, 9.17) is 76.8 Å². The molecule has 0 bridgehead atoms. The lowest BCUT2D eigenvalue weighted by Crippen LogP contribution is -2.42. The van der Waals surface area contributed by atoms with Gasteiger partial charge in [0, 0.05) is 121 Å². The van der Waals surface area contributed by atoms with E-state index in [9.17, 15) is 62.1 Å². The Labute approximate surface area is 604 Å². The summed E-state index contributed by atoms with van der Waals surface area (Å²) in [7, 11) is -17.8. The van der Waals surface area contributed by atoms with E-state index in [1.807, 2.05) is 58.2 Å². The fraction of sp³-hybridized carbons (Fsp3) is 0.645. The van der Waals surface area contributed by atoms with Crippen molar-refractivity contribution >= 4 is 164 Å². The number of anilines is 2. The van der Waals surface area contributed by atoms with Gasteiger partial charge in [-0.25, -0.2) is 9.59 Å². The fourth-order valence-electron chi connectivity index (χ4n) is 9.12. The molecular weight excluding hydrogens is 1480 g/mol. The Morgan fingerprint density at radius 3 is 1.72 bits per heavy atom. The van der Waals surface area contributed by atoms with Gasteiger partial charge in [0.05, 0.1) is 49.1 Å². The van der Waals surface area contributed by atoms with Crippen molar-refractivity contribution in [2.45, 2.75) is 172 Å². The zero-order chi connectivity index (χ0) is 74.8. The Hall–Kier alpha value is -2.38. The predicted molar refractivity (Wildman–Crippen MR) is 399 cm³/mol. The molecule has 0 spiro atoms. The van der Waals surface area contributed by atoms with Crippen LogP contribution in [0.25, 0.3) is 21.8 Å². The highest BCUT2D eigenvalue weighted by atomic mass is 35.6. The molecule has 0 fully saturated rings. The number of aliphatic hydroxyl groups excluding tert-OH is 2. The SMILES string of the molecule is CC.CC(CCCNCCO[Si](C)(C)C(C)(C)C)Nc1ccnc2cc(Cl)ccc12.CCN(CCO)CCCC(C)N(C(=O)OCCCC(=O)CC(P(=O)(O)O)P(=O)(O)O)c1ccnc2cc(Cl)ccc12.CCOP(C)(=O)C(CC(=O)CCCO)P(C)(C)=O.O=C(Cl)OC(Cl)(Cl)Cl. The minimum absolute atomic E-state index is 0.00193. The van der Waals surface area contributed by atoms with Gasteiger partial charge in [0.15, 0.2) is 13.7 Å². The molecule has 0 saturated carbocycles. The Morgan fingerprint density at radius 2 is 1.24 bits per heavy atom. The Kier molecular flexibility index (Phi) is 45.2. The number of benzene rings is 2. The molecule has 4 aromatic rings. The van der Waals surface area contributed by atoms with Crippen molar-refractivity contribution in [3.63, 3.8) is 0 Å². The summed E-state index contributed by atoms with van der Waals surface area (Å²) in [4.78, 5) is 96.2. The summed E-state index contributed by atoms with van der Waals surface area (Å²) in [6, 6.07) is 14.8. The quantitative estimate of drug-likeness (QED) is 0.00689. The van der Waals surface area contributed by atoms with Crippen LogP contribution < -0.4 is 15.5 Å². The molecule has 4 atom stereocenters. The van der Waals surface area contributed by atoms with Crippen molar-refractivity contribution in [3.05, 3.63) is 71.0 Å². The number of carbonyl (C=O) groups is 4. The zero-order valence-electron chi connectivity index (χ0n) is 58.2. The van der Waals surface area contributed by atoms with Crippen LogP contribution in [0.1, 0.15) is 127 Å². The third-order valence-electron chi connectivity index (χ3n) is 15.1. The number of alkyl halides is 3. The molecule has 2 heterocycles. The smallest absolute Gasteiger partial charge is 0.414 e. The standard InChI is InChI=1S/C25H38ClN3O10P2.C22H36ClN3OSi.C11H24O5P2.C2Cl4O2.C2H6/c1-3-28(13-14-30)12-4-6-18(2)29(23-10-11-27-22-16-19(26)8-9-21(22)23)25(32)39-15-5-7-20(31)17-24(40(33,34)35)41(36,37)38;1-17(8-7-12-24-14-15-27-28(5,6)22(2,3)4)26-20-11-13-25-21-16-18(23)9-10-19(20)21;1-5-16-18(4,15)11(17(2,3)14)9-10(13)7-6-8-12;3-1(7)8-2(4,5)6;1-2/h8-11,16,18,24,30H,3-7,12-15,17H2,1-2H3,(H2,33,34,35)(H2,36,37,38);9-11,13,16-17,24H,7-8,12,14-15H2,1-6H3,(H,25,26);11-12H,5-9H2,1-4H3;;1-2H3. The van der Waals surface area contributed by atoms with E-state index in [-0.39, 0.29) is 69.0 Å². The van der Waals surface area contributed by atoms with E-state index in [0.29, 0.717) is 52.1 Å².